The zero-order valence-corrected chi connectivity index (χ0v) is 19.7. The van der Waals surface area contributed by atoms with Gasteiger partial charge in [0, 0.05) is 5.56 Å². The molecule has 1 atom stereocenters. The van der Waals surface area contributed by atoms with Gasteiger partial charge < -0.3 is 4.74 Å². The van der Waals surface area contributed by atoms with E-state index in [1.165, 1.54) is 23.5 Å². The summed E-state index contributed by atoms with van der Waals surface area (Å²) in [6, 6.07) is 24.0. The molecule has 0 aliphatic carbocycles. The third-order valence-electron chi connectivity index (χ3n) is 5.66. The van der Waals surface area contributed by atoms with E-state index in [0.29, 0.717) is 26.2 Å². The first-order valence-corrected chi connectivity index (χ1v) is 12.0. The number of rotatable bonds is 5. The Labute approximate surface area is 204 Å². The lowest BCUT2D eigenvalue weighted by atomic mass is 9.93. The highest BCUT2D eigenvalue weighted by Crippen LogP contribution is 2.34. The first-order valence-electron chi connectivity index (χ1n) is 11.2. The summed E-state index contributed by atoms with van der Waals surface area (Å²) in [6.07, 6.45) is 1.71. The highest BCUT2D eigenvalue weighted by molar-refractivity contribution is 7.07. The standard InChI is InChI=1S/C28H21FN2O3S/c1-2-34-27(33)23-24(19-9-5-3-6-10-19)30-28-31(25(23)20-11-7-4-8-12-20)26(32)22(35-28)17-18-13-15-21(29)16-14-18/h3-17,25H,2H2,1H3/b22-17-/t25-/m1/s1. The molecule has 0 radical (unpaired) electrons. The minimum Gasteiger partial charge on any atom is -0.463 e. The van der Waals surface area contributed by atoms with E-state index in [4.69, 9.17) is 9.73 Å². The van der Waals surface area contributed by atoms with E-state index in [-0.39, 0.29) is 18.0 Å². The quantitative estimate of drug-likeness (QED) is 0.401. The minimum absolute atomic E-state index is 0.195. The van der Waals surface area contributed by atoms with Gasteiger partial charge in [-0.3, -0.25) is 9.36 Å². The van der Waals surface area contributed by atoms with Crippen LogP contribution in [0.4, 0.5) is 4.39 Å². The summed E-state index contributed by atoms with van der Waals surface area (Å²) < 4.78 is 20.8. The zero-order valence-electron chi connectivity index (χ0n) is 18.9. The molecule has 0 saturated carbocycles. The molecule has 0 N–H and O–H groups in total. The molecule has 0 fully saturated rings. The van der Waals surface area contributed by atoms with Crippen LogP contribution in [0.2, 0.25) is 0 Å². The van der Waals surface area contributed by atoms with Gasteiger partial charge in [0.15, 0.2) is 4.80 Å². The van der Waals surface area contributed by atoms with Gasteiger partial charge in [-0.2, -0.15) is 0 Å². The van der Waals surface area contributed by atoms with E-state index in [9.17, 15) is 14.0 Å². The van der Waals surface area contributed by atoms with Crippen molar-refractivity contribution in [2.45, 2.75) is 13.0 Å². The van der Waals surface area contributed by atoms with Crippen LogP contribution in [-0.2, 0) is 9.53 Å². The zero-order chi connectivity index (χ0) is 24.4. The molecule has 0 saturated heterocycles. The minimum atomic E-state index is -0.711. The van der Waals surface area contributed by atoms with E-state index in [0.717, 1.165) is 11.1 Å². The number of carbonyl (C=O) groups excluding carboxylic acids is 1. The molecular formula is C28H21FN2O3S. The summed E-state index contributed by atoms with van der Waals surface area (Å²) in [4.78, 5) is 32.3. The van der Waals surface area contributed by atoms with E-state index in [1.807, 2.05) is 60.7 Å². The molecule has 5 nitrogen and oxygen atoms in total. The van der Waals surface area contributed by atoms with Crippen LogP contribution in [0.3, 0.4) is 0 Å². The maximum Gasteiger partial charge on any atom is 0.338 e. The molecule has 0 bridgehead atoms. The first kappa shape index (κ1) is 22.7. The normalized spacial score (nSPS) is 15.5. The van der Waals surface area contributed by atoms with Gasteiger partial charge in [0.05, 0.1) is 28.5 Å². The second-order valence-corrected chi connectivity index (χ2v) is 8.90. The fourth-order valence-corrected chi connectivity index (χ4v) is 5.10. The number of benzene rings is 3. The lowest BCUT2D eigenvalue weighted by Crippen LogP contribution is -2.39. The van der Waals surface area contributed by atoms with Crippen molar-refractivity contribution in [1.82, 2.24) is 4.57 Å². The number of hydrogen-bond acceptors (Lipinski definition) is 5. The van der Waals surface area contributed by atoms with Gasteiger partial charge in [-0.05, 0) is 36.3 Å². The fraction of sp³-hybridized carbons (Fsp3) is 0.107. The fourth-order valence-electron chi connectivity index (χ4n) is 4.10. The van der Waals surface area contributed by atoms with Crippen molar-refractivity contribution in [3.63, 3.8) is 0 Å². The van der Waals surface area contributed by atoms with Gasteiger partial charge in [-0.25, -0.2) is 14.2 Å². The first-order chi connectivity index (χ1) is 17.1. The van der Waals surface area contributed by atoms with Crippen molar-refractivity contribution in [1.29, 1.82) is 0 Å². The summed E-state index contributed by atoms with van der Waals surface area (Å²) in [5.74, 6) is -0.865. The summed E-state index contributed by atoms with van der Waals surface area (Å²) in [5, 5.41) is 0. The molecule has 7 heteroatoms. The molecule has 4 aromatic rings. The molecule has 5 rings (SSSR count). The maximum atomic E-state index is 13.7. The van der Waals surface area contributed by atoms with Crippen molar-refractivity contribution in [3.05, 3.63) is 133 Å². The highest BCUT2D eigenvalue weighted by Gasteiger charge is 2.35. The number of halogens is 1. The molecule has 0 unspecified atom stereocenters. The largest absolute Gasteiger partial charge is 0.463 e. The van der Waals surface area contributed by atoms with E-state index >= 15 is 0 Å². The molecular weight excluding hydrogens is 463 g/mol. The maximum absolute atomic E-state index is 13.7. The smallest absolute Gasteiger partial charge is 0.338 e. The third kappa shape index (κ3) is 4.38. The molecule has 174 valence electrons. The molecule has 35 heavy (non-hydrogen) atoms. The Hall–Kier alpha value is -4.10. The number of aromatic nitrogens is 1. The van der Waals surface area contributed by atoms with Crippen LogP contribution in [0.25, 0.3) is 11.8 Å². The second kappa shape index (κ2) is 9.64. The van der Waals surface area contributed by atoms with Crippen molar-refractivity contribution < 1.29 is 13.9 Å². The Bertz CT molecular complexity index is 1590. The number of hydrogen-bond donors (Lipinski definition) is 0. The van der Waals surface area contributed by atoms with Crippen LogP contribution in [0.1, 0.15) is 29.7 Å². The SMILES string of the molecule is CCOC(=O)C1=C(c2ccccc2)N=c2s/c(=C\c3ccc(F)cc3)c(=O)n2[C@@H]1c1ccccc1. The topological polar surface area (TPSA) is 60.7 Å². The molecule has 1 aliphatic heterocycles. The Kier molecular flexibility index (Phi) is 6.25. The monoisotopic (exact) mass is 484 g/mol. The van der Waals surface area contributed by atoms with Crippen LogP contribution in [0, 0.1) is 5.82 Å². The average molecular weight is 485 g/mol. The number of fused-ring (bicyclic) bond motifs is 1. The molecule has 3 aromatic carbocycles. The Morgan fingerprint density at radius 1 is 1.03 bits per heavy atom. The molecule has 0 amide bonds. The Morgan fingerprint density at radius 3 is 2.34 bits per heavy atom. The number of ether oxygens (including phenoxy) is 1. The van der Waals surface area contributed by atoms with Crippen LogP contribution >= 0.6 is 11.3 Å². The molecule has 2 heterocycles. The van der Waals surface area contributed by atoms with Crippen molar-refractivity contribution in [2.24, 2.45) is 4.99 Å². The Morgan fingerprint density at radius 2 is 1.69 bits per heavy atom. The predicted octanol–water partition coefficient (Wildman–Crippen LogP) is 4.07. The molecule has 0 spiro atoms. The van der Waals surface area contributed by atoms with E-state index in [1.54, 1.807) is 29.7 Å². The van der Waals surface area contributed by atoms with Crippen molar-refractivity contribution >= 4 is 29.1 Å². The molecule has 1 aliphatic rings. The van der Waals surface area contributed by atoms with Gasteiger partial charge in [0.2, 0.25) is 0 Å². The van der Waals surface area contributed by atoms with Crippen LogP contribution in [0.15, 0.2) is 100 Å². The third-order valence-corrected chi connectivity index (χ3v) is 6.64. The van der Waals surface area contributed by atoms with E-state index in [2.05, 4.69) is 0 Å². The number of nitrogens with zero attached hydrogens (tertiary/aromatic N) is 2. The van der Waals surface area contributed by atoms with Crippen molar-refractivity contribution in [3.8, 4) is 0 Å². The summed E-state index contributed by atoms with van der Waals surface area (Å²) >= 11 is 1.23. The molecule has 1 aromatic heterocycles. The Balaban J connectivity index is 1.82. The highest BCUT2D eigenvalue weighted by atomic mass is 32.1. The average Bonchev–Trinajstić information content (AvgIpc) is 3.20. The van der Waals surface area contributed by atoms with Crippen LogP contribution in [-0.4, -0.2) is 17.1 Å². The van der Waals surface area contributed by atoms with Gasteiger partial charge in [0.1, 0.15) is 5.82 Å². The van der Waals surface area contributed by atoms with Gasteiger partial charge >= 0.3 is 5.97 Å². The lowest BCUT2D eigenvalue weighted by molar-refractivity contribution is -0.138. The van der Waals surface area contributed by atoms with Gasteiger partial charge in [-0.15, -0.1) is 0 Å². The van der Waals surface area contributed by atoms with Gasteiger partial charge in [0.25, 0.3) is 5.56 Å². The lowest BCUT2D eigenvalue weighted by Gasteiger charge is -2.25. The van der Waals surface area contributed by atoms with Crippen LogP contribution < -0.4 is 14.9 Å². The van der Waals surface area contributed by atoms with Crippen molar-refractivity contribution in [2.75, 3.05) is 6.61 Å². The van der Waals surface area contributed by atoms with Crippen LogP contribution in [0.5, 0.6) is 0 Å². The van der Waals surface area contributed by atoms with Gasteiger partial charge in [-0.1, -0.05) is 84.1 Å². The number of thiazole rings is 1. The van der Waals surface area contributed by atoms with E-state index < -0.39 is 12.0 Å². The second-order valence-electron chi connectivity index (χ2n) is 7.89. The summed E-state index contributed by atoms with van der Waals surface area (Å²) in [6.45, 7) is 1.94. The summed E-state index contributed by atoms with van der Waals surface area (Å²) in [7, 11) is 0. The predicted molar refractivity (Wildman–Crippen MR) is 134 cm³/mol. The number of carbonyl (C=O) groups is 1. The number of esters is 1. The summed E-state index contributed by atoms with van der Waals surface area (Å²) in [5.41, 5.74) is 2.74.